The van der Waals surface area contributed by atoms with Gasteiger partial charge in [0.05, 0.1) is 6.42 Å². The minimum Gasteiger partial charge on any atom is -0.481 e. The molecule has 1 saturated heterocycles. The molecule has 0 saturated carbocycles. The molecule has 1 aromatic carbocycles. The quantitative estimate of drug-likeness (QED) is 0.837. The van der Waals surface area contributed by atoms with Crippen LogP contribution in [0, 0.1) is 0 Å². The van der Waals surface area contributed by atoms with Crippen LogP contribution >= 0.6 is 0 Å². The Morgan fingerprint density at radius 3 is 2.54 bits per heavy atom. The molecule has 24 heavy (non-hydrogen) atoms. The fraction of sp³-hybridized carbons (Fsp3) is 0.500. The summed E-state index contributed by atoms with van der Waals surface area (Å²) in [6.07, 6.45) is 3.74. The van der Waals surface area contributed by atoms with Crippen LogP contribution in [0.3, 0.4) is 0 Å². The number of rotatable bonds is 6. The number of anilines is 1. The molecule has 1 heterocycles. The number of piperidine rings is 1. The van der Waals surface area contributed by atoms with Gasteiger partial charge in [0.25, 0.3) is 0 Å². The van der Waals surface area contributed by atoms with Gasteiger partial charge in [-0.15, -0.1) is 0 Å². The van der Waals surface area contributed by atoms with Crippen molar-refractivity contribution in [3.8, 4) is 0 Å². The van der Waals surface area contributed by atoms with Crippen molar-refractivity contribution >= 4 is 23.5 Å². The van der Waals surface area contributed by atoms with Gasteiger partial charge in [-0.2, -0.15) is 0 Å². The van der Waals surface area contributed by atoms with Crippen LogP contribution in [-0.2, 0) is 20.8 Å². The van der Waals surface area contributed by atoms with Gasteiger partial charge in [-0.1, -0.05) is 19.1 Å². The van der Waals surface area contributed by atoms with Crippen molar-refractivity contribution in [2.75, 3.05) is 11.9 Å². The molecule has 1 unspecified atom stereocenters. The van der Waals surface area contributed by atoms with E-state index in [4.69, 9.17) is 5.11 Å². The molecule has 1 aliphatic rings. The maximum Gasteiger partial charge on any atom is 0.307 e. The zero-order valence-corrected chi connectivity index (χ0v) is 14.0. The van der Waals surface area contributed by atoms with Gasteiger partial charge >= 0.3 is 5.97 Å². The third-order valence-corrected chi connectivity index (χ3v) is 4.17. The third kappa shape index (κ3) is 4.81. The lowest BCUT2D eigenvalue weighted by Gasteiger charge is -2.34. The molecule has 1 aliphatic heterocycles. The van der Waals surface area contributed by atoms with Crippen LogP contribution < -0.4 is 5.32 Å². The fourth-order valence-corrected chi connectivity index (χ4v) is 2.97. The summed E-state index contributed by atoms with van der Waals surface area (Å²) >= 11 is 0. The van der Waals surface area contributed by atoms with E-state index < -0.39 is 12.0 Å². The van der Waals surface area contributed by atoms with Crippen molar-refractivity contribution in [2.24, 2.45) is 0 Å². The molecule has 2 rings (SSSR count). The Morgan fingerprint density at radius 1 is 1.21 bits per heavy atom. The first-order chi connectivity index (χ1) is 11.5. The molecule has 0 spiro atoms. The summed E-state index contributed by atoms with van der Waals surface area (Å²) in [4.78, 5) is 37.1. The van der Waals surface area contributed by atoms with Crippen molar-refractivity contribution in [1.82, 2.24) is 4.90 Å². The van der Waals surface area contributed by atoms with E-state index >= 15 is 0 Å². The van der Waals surface area contributed by atoms with E-state index in [0.29, 0.717) is 30.6 Å². The van der Waals surface area contributed by atoms with E-state index in [1.807, 2.05) is 6.92 Å². The number of carbonyl (C=O) groups excluding carboxylic acids is 2. The summed E-state index contributed by atoms with van der Waals surface area (Å²) in [6.45, 7) is 2.59. The highest BCUT2D eigenvalue weighted by Gasteiger charge is 2.31. The second-order valence-corrected chi connectivity index (χ2v) is 6.11. The van der Waals surface area contributed by atoms with Crippen molar-refractivity contribution in [3.63, 3.8) is 0 Å². The number of likely N-dealkylation sites (tertiary alicyclic amines) is 1. The normalized spacial score (nSPS) is 17.4. The molecule has 6 nitrogen and oxygen atoms in total. The predicted octanol–water partition coefficient (Wildman–Crippen LogP) is 2.43. The monoisotopic (exact) mass is 332 g/mol. The van der Waals surface area contributed by atoms with Crippen LogP contribution in [0.4, 0.5) is 5.69 Å². The van der Waals surface area contributed by atoms with Crippen LogP contribution in [0.1, 0.15) is 44.6 Å². The maximum absolute atomic E-state index is 12.6. The number of hydrogen-bond acceptors (Lipinski definition) is 3. The molecule has 0 aromatic heterocycles. The zero-order valence-electron chi connectivity index (χ0n) is 14.0. The number of benzene rings is 1. The lowest BCUT2D eigenvalue weighted by atomic mass is 10.0. The Labute approximate surface area is 141 Å². The number of nitrogens with one attached hydrogen (secondary N) is 1. The van der Waals surface area contributed by atoms with Crippen LogP contribution in [0.25, 0.3) is 0 Å². The highest BCUT2D eigenvalue weighted by Crippen LogP contribution is 2.20. The van der Waals surface area contributed by atoms with E-state index in [9.17, 15) is 14.4 Å². The van der Waals surface area contributed by atoms with Gasteiger partial charge in [-0.3, -0.25) is 14.4 Å². The van der Waals surface area contributed by atoms with E-state index in [2.05, 4.69) is 5.32 Å². The highest BCUT2D eigenvalue weighted by molar-refractivity contribution is 5.97. The second kappa shape index (κ2) is 8.47. The molecule has 1 atom stereocenters. The summed E-state index contributed by atoms with van der Waals surface area (Å²) in [7, 11) is 0. The Hall–Kier alpha value is -2.37. The Kier molecular flexibility index (Phi) is 6.35. The summed E-state index contributed by atoms with van der Waals surface area (Å²) in [6, 6.07) is 6.33. The van der Waals surface area contributed by atoms with Gasteiger partial charge < -0.3 is 15.3 Å². The van der Waals surface area contributed by atoms with E-state index in [1.54, 1.807) is 29.2 Å². The van der Waals surface area contributed by atoms with Gasteiger partial charge in [-0.25, -0.2) is 0 Å². The molecule has 2 N–H and O–H groups in total. The first kappa shape index (κ1) is 18.0. The molecule has 0 aliphatic carbocycles. The SMILES string of the molecule is CCCC(=O)N1CCCCC1C(=O)Nc1ccc(CC(=O)O)cc1. The van der Waals surface area contributed by atoms with E-state index in [-0.39, 0.29) is 18.2 Å². The summed E-state index contributed by atoms with van der Waals surface area (Å²) in [5.41, 5.74) is 1.29. The van der Waals surface area contributed by atoms with Gasteiger partial charge in [0.1, 0.15) is 6.04 Å². The van der Waals surface area contributed by atoms with Crippen LogP contribution in [0.2, 0.25) is 0 Å². The molecule has 2 amide bonds. The van der Waals surface area contributed by atoms with Gasteiger partial charge in [0, 0.05) is 18.7 Å². The molecule has 6 heteroatoms. The number of nitrogens with zero attached hydrogens (tertiary/aromatic N) is 1. The summed E-state index contributed by atoms with van der Waals surface area (Å²) < 4.78 is 0. The van der Waals surface area contributed by atoms with Crippen LogP contribution in [-0.4, -0.2) is 40.4 Å². The average Bonchev–Trinajstić information content (AvgIpc) is 2.56. The maximum atomic E-state index is 12.6. The van der Waals surface area contributed by atoms with E-state index in [1.165, 1.54) is 0 Å². The Balaban J connectivity index is 2.01. The molecule has 0 bridgehead atoms. The molecular weight excluding hydrogens is 308 g/mol. The first-order valence-electron chi connectivity index (χ1n) is 8.42. The second-order valence-electron chi connectivity index (χ2n) is 6.11. The average molecular weight is 332 g/mol. The molecule has 1 aromatic rings. The lowest BCUT2D eigenvalue weighted by Crippen LogP contribution is -2.49. The standard InChI is InChI=1S/C18H24N2O4/c1-2-5-16(21)20-11-4-3-6-15(20)18(24)19-14-9-7-13(8-10-14)12-17(22)23/h7-10,15H,2-6,11-12H2,1H3,(H,19,24)(H,22,23). The number of carbonyl (C=O) groups is 3. The minimum absolute atomic E-state index is 0.0363. The summed E-state index contributed by atoms with van der Waals surface area (Å²) in [5, 5.41) is 11.6. The third-order valence-electron chi connectivity index (χ3n) is 4.17. The van der Waals surface area contributed by atoms with Gasteiger partial charge in [0.15, 0.2) is 0 Å². The Bertz CT molecular complexity index is 598. The minimum atomic E-state index is -0.890. The van der Waals surface area contributed by atoms with Crippen LogP contribution in [0.5, 0.6) is 0 Å². The van der Waals surface area contributed by atoms with Gasteiger partial charge in [-0.05, 0) is 43.4 Å². The number of amides is 2. The number of aliphatic carboxylic acids is 1. The number of carboxylic acids is 1. The molecule has 130 valence electrons. The van der Waals surface area contributed by atoms with Crippen molar-refractivity contribution in [2.45, 2.75) is 51.5 Å². The fourth-order valence-electron chi connectivity index (χ4n) is 2.97. The van der Waals surface area contributed by atoms with Gasteiger partial charge in [0.2, 0.25) is 11.8 Å². The van der Waals surface area contributed by atoms with Crippen LogP contribution in [0.15, 0.2) is 24.3 Å². The lowest BCUT2D eigenvalue weighted by molar-refractivity contribution is -0.140. The van der Waals surface area contributed by atoms with Crippen molar-refractivity contribution in [3.05, 3.63) is 29.8 Å². The molecule has 1 fully saturated rings. The van der Waals surface area contributed by atoms with Crippen molar-refractivity contribution in [1.29, 1.82) is 0 Å². The first-order valence-corrected chi connectivity index (χ1v) is 8.42. The number of carboxylic acid groups (broad SMARTS) is 1. The number of hydrogen-bond donors (Lipinski definition) is 2. The predicted molar refractivity (Wildman–Crippen MR) is 90.7 cm³/mol. The zero-order chi connectivity index (χ0) is 17.5. The molecular formula is C18H24N2O4. The largest absolute Gasteiger partial charge is 0.481 e. The molecule has 0 radical (unpaired) electrons. The topological polar surface area (TPSA) is 86.7 Å². The van der Waals surface area contributed by atoms with Crippen molar-refractivity contribution < 1.29 is 19.5 Å². The highest BCUT2D eigenvalue weighted by atomic mass is 16.4. The van der Waals surface area contributed by atoms with E-state index in [0.717, 1.165) is 19.3 Å². The smallest absolute Gasteiger partial charge is 0.307 e. The Morgan fingerprint density at radius 2 is 1.92 bits per heavy atom. The summed E-state index contributed by atoms with van der Waals surface area (Å²) in [5.74, 6) is -1.03.